The summed E-state index contributed by atoms with van der Waals surface area (Å²) in [5.74, 6) is -2.70. The molecule has 0 aliphatic heterocycles. The molecule has 19 heavy (non-hydrogen) atoms. The molecule has 0 aliphatic rings. The number of aromatic carboxylic acids is 2. The molecule has 0 fully saturated rings. The lowest BCUT2D eigenvalue weighted by molar-refractivity contribution is 0.0640. The molecule has 1 aromatic heterocycles. The van der Waals surface area contributed by atoms with Gasteiger partial charge < -0.3 is 14.8 Å². The van der Waals surface area contributed by atoms with Gasteiger partial charge in [0.2, 0.25) is 0 Å². The summed E-state index contributed by atoms with van der Waals surface area (Å²) in [7, 11) is 0. The molecule has 0 saturated carbocycles. The lowest BCUT2D eigenvalue weighted by Gasteiger charge is -2.07. The van der Waals surface area contributed by atoms with Crippen LogP contribution in [0.25, 0.3) is 0 Å². The number of carboxylic acid groups (broad SMARTS) is 2. The van der Waals surface area contributed by atoms with E-state index >= 15 is 0 Å². The summed E-state index contributed by atoms with van der Waals surface area (Å²) < 4.78 is 1.48. The van der Waals surface area contributed by atoms with E-state index in [4.69, 9.17) is 10.2 Å². The van der Waals surface area contributed by atoms with Crippen LogP contribution in [0, 0.1) is 0 Å². The number of halogens is 1. The predicted molar refractivity (Wildman–Crippen MR) is 69.4 cm³/mol. The Kier molecular flexibility index (Phi) is 3.66. The monoisotopic (exact) mass is 324 g/mol. The van der Waals surface area contributed by atoms with Crippen LogP contribution >= 0.6 is 15.9 Å². The maximum Gasteiger partial charge on any atom is 0.357 e. The highest BCUT2D eigenvalue weighted by Crippen LogP contribution is 2.19. The van der Waals surface area contributed by atoms with E-state index in [0.717, 1.165) is 5.56 Å². The Balaban J connectivity index is 2.51. The van der Waals surface area contributed by atoms with E-state index < -0.39 is 17.6 Å². The Hall–Kier alpha value is -2.15. The van der Waals surface area contributed by atoms with E-state index in [2.05, 4.69) is 20.9 Å². The standard InChI is InChI=1S/C12H9BrN2O4/c13-12-14-8(10(16)17)9(11(18)19)15(12)6-7-4-2-1-3-5-7/h1-5H,6H2,(H,16,17)(H,18,19). The van der Waals surface area contributed by atoms with Gasteiger partial charge in [-0.2, -0.15) is 0 Å². The molecule has 1 aromatic carbocycles. The molecule has 0 atom stereocenters. The SMILES string of the molecule is O=C(O)c1nc(Br)n(Cc2ccccc2)c1C(=O)O. The molecule has 2 rings (SSSR count). The zero-order chi connectivity index (χ0) is 14.0. The number of hydrogen-bond donors (Lipinski definition) is 2. The molecule has 0 saturated heterocycles. The Morgan fingerprint density at radius 1 is 1.16 bits per heavy atom. The van der Waals surface area contributed by atoms with E-state index in [-0.39, 0.29) is 17.0 Å². The topological polar surface area (TPSA) is 92.4 Å². The summed E-state index contributed by atoms with van der Waals surface area (Å²) >= 11 is 3.09. The number of nitrogens with zero attached hydrogens (tertiary/aromatic N) is 2. The first-order chi connectivity index (χ1) is 9.00. The number of carbonyl (C=O) groups is 2. The summed E-state index contributed by atoms with van der Waals surface area (Å²) in [6.07, 6.45) is 0. The van der Waals surface area contributed by atoms with Gasteiger partial charge in [-0.15, -0.1) is 0 Å². The average Bonchev–Trinajstić information content (AvgIpc) is 2.68. The van der Waals surface area contributed by atoms with Crippen molar-refractivity contribution >= 4 is 27.9 Å². The molecule has 0 spiro atoms. The summed E-state index contributed by atoms with van der Waals surface area (Å²) in [5, 5.41) is 18.1. The molecule has 0 amide bonds. The third kappa shape index (κ3) is 2.65. The van der Waals surface area contributed by atoms with E-state index in [0.29, 0.717) is 0 Å². The van der Waals surface area contributed by atoms with Gasteiger partial charge in [0.05, 0.1) is 6.54 Å². The minimum absolute atomic E-state index is 0.172. The van der Waals surface area contributed by atoms with E-state index in [9.17, 15) is 9.59 Å². The van der Waals surface area contributed by atoms with Crippen molar-refractivity contribution in [1.29, 1.82) is 0 Å². The fourth-order valence-electron chi connectivity index (χ4n) is 1.70. The van der Waals surface area contributed by atoms with Crippen LogP contribution < -0.4 is 0 Å². The van der Waals surface area contributed by atoms with Crippen LogP contribution in [-0.4, -0.2) is 31.7 Å². The second kappa shape index (κ2) is 5.23. The van der Waals surface area contributed by atoms with E-state index in [1.165, 1.54) is 4.57 Å². The highest BCUT2D eigenvalue weighted by Gasteiger charge is 2.26. The van der Waals surface area contributed by atoms with Crippen molar-refractivity contribution in [2.45, 2.75) is 6.54 Å². The number of aromatic nitrogens is 2. The van der Waals surface area contributed by atoms with Crippen LogP contribution in [0.5, 0.6) is 0 Å². The number of rotatable bonds is 4. The first-order valence-corrected chi connectivity index (χ1v) is 6.06. The van der Waals surface area contributed by atoms with E-state index in [1.54, 1.807) is 0 Å². The fraction of sp³-hybridized carbons (Fsp3) is 0.0833. The van der Waals surface area contributed by atoms with Gasteiger partial charge in [-0.1, -0.05) is 30.3 Å². The highest BCUT2D eigenvalue weighted by atomic mass is 79.9. The molecule has 2 N–H and O–H groups in total. The van der Waals surface area contributed by atoms with Crippen molar-refractivity contribution in [3.05, 3.63) is 52.0 Å². The summed E-state index contributed by atoms with van der Waals surface area (Å²) in [4.78, 5) is 25.9. The second-order valence-corrected chi connectivity index (χ2v) is 4.47. The lowest BCUT2D eigenvalue weighted by Crippen LogP contribution is -2.14. The Morgan fingerprint density at radius 2 is 1.79 bits per heavy atom. The summed E-state index contributed by atoms with van der Waals surface area (Å²) in [6, 6.07) is 9.11. The summed E-state index contributed by atoms with van der Waals surface area (Å²) in [5.41, 5.74) is 0.0265. The molecule has 0 radical (unpaired) electrons. The van der Waals surface area contributed by atoms with Gasteiger partial charge in [0.1, 0.15) is 0 Å². The number of carboxylic acids is 2. The zero-order valence-corrected chi connectivity index (χ0v) is 11.2. The molecule has 7 heteroatoms. The largest absolute Gasteiger partial charge is 0.476 e. The van der Waals surface area contributed by atoms with Crippen LogP contribution in [-0.2, 0) is 6.54 Å². The van der Waals surface area contributed by atoms with Gasteiger partial charge in [-0.3, -0.25) is 0 Å². The van der Waals surface area contributed by atoms with E-state index in [1.807, 2.05) is 30.3 Å². The first kappa shape index (κ1) is 13.3. The fourth-order valence-corrected chi connectivity index (χ4v) is 2.18. The summed E-state index contributed by atoms with van der Waals surface area (Å²) in [6.45, 7) is 0.226. The number of hydrogen-bond acceptors (Lipinski definition) is 3. The Bertz CT molecular complexity index is 637. The minimum Gasteiger partial charge on any atom is -0.476 e. The molecule has 2 aromatic rings. The van der Waals surface area contributed by atoms with Crippen molar-refractivity contribution in [1.82, 2.24) is 9.55 Å². The highest BCUT2D eigenvalue weighted by molar-refractivity contribution is 9.10. The van der Waals surface area contributed by atoms with Crippen molar-refractivity contribution in [2.24, 2.45) is 0 Å². The lowest BCUT2D eigenvalue weighted by atomic mass is 10.2. The van der Waals surface area contributed by atoms with Crippen LogP contribution in [0.1, 0.15) is 26.5 Å². The van der Waals surface area contributed by atoms with Gasteiger partial charge in [-0.05, 0) is 21.5 Å². The Morgan fingerprint density at radius 3 is 2.32 bits per heavy atom. The molecule has 6 nitrogen and oxygen atoms in total. The third-order valence-corrected chi connectivity index (χ3v) is 3.12. The third-order valence-electron chi connectivity index (χ3n) is 2.51. The van der Waals surface area contributed by atoms with Crippen LogP contribution in [0.15, 0.2) is 35.1 Å². The van der Waals surface area contributed by atoms with Gasteiger partial charge in [0, 0.05) is 0 Å². The van der Waals surface area contributed by atoms with Crippen LogP contribution in [0.2, 0.25) is 0 Å². The predicted octanol–water partition coefficient (Wildman–Crippen LogP) is 2.09. The van der Waals surface area contributed by atoms with Gasteiger partial charge in [0.15, 0.2) is 16.1 Å². The zero-order valence-electron chi connectivity index (χ0n) is 9.58. The smallest absolute Gasteiger partial charge is 0.357 e. The van der Waals surface area contributed by atoms with Gasteiger partial charge >= 0.3 is 11.9 Å². The second-order valence-electron chi connectivity index (χ2n) is 3.76. The molecule has 0 bridgehead atoms. The normalized spacial score (nSPS) is 10.4. The maximum atomic E-state index is 11.2. The maximum absolute atomic E-state index is 11.2. The molecule has 0 unspecified atom stereocenters. The number of benzene rings is 1. The number of imidazole rings is 1. The van der Waals surface area contributed by atoms with Crippen molar-refractivity contribution in [3.63, 3.8) is 0 Å². The van der Waals surface area contributed by atoms with Crippen molar-refractivity contribution in [3.8, 4) is 0 Å². The molecule has 1 heterocycles. The van der Waals surface area contributed by atoms with Crippen LogP contribution in [0.4, 0.5) is 0 Å². The van der Waals surface area contributed by atoms with Gasteiger partial charge in [-0.25, -0.2) is 14.6 Å². The average molecular weight is 325 g/mol. The van der Waals surface area contributed by atoms with Gasteiger partial charge in [0.25, 0.3) is 0 Å². The molecular formula is C12H9BrN2O4. The van der Waals surface area contributed by atoms with Crippen LogP contribution in [0.3, 0.4) is 0 Å². The van der Waals surface area contributed by atoms with Crippen molar-refractivity contribution in [2.75, 3.05) is 0 Å². The first-order valence-electron chi connectivity index (χ1n) is 5.27. The minimum atomic E-state index is -1.37. The quantitative estimate of drug-likeness (QED) is 0.898. The molecular weight excluding hydrogens is 316 g/mol. The molecule has 98 valence electrons. The van der Waals surface area contributed by atoms with Crippen molar-refractivity contribution < 1.29 is 19.8 Å². The molecule has 0 aliphatic carbocycles. The Labute approximate surface area is 116 Å².